The zero-order valence-corrected chi connectivity index (χ0v) is 12.3. The van der Waals surface area contributed by atoms with E-state index in [0.29, 0.717) is 12.3 Å². The van der Waals surface area contributed by atoms with Crippen molar-refractivity contribution in [1.82, 2.24) is 15.6 Å². The Morgan fingerprint density at radius 2 is 2.24 bits per heavy atom. The van der Waals surface area contributed by atoms with Gasteiger partial charge in [0.15, 0.2) is 0 Å². The molecule has 3 rings (SSSR count). The van der Waals surface area contributed by atoms with Gasteiger partial charge >= 0.3 is 0 Å². The first-order chi connectivity index (χ1) is 10.3. The maximum atomic E-state index is 12.0. The van der Waals surface area contributed by atoms with Crippen LogP contribution < -0.4 is 10.6 Å². The van der Waals surface area contributed by atoms with Gasteiger partial charge in [-0.25, -0.2) is 0 Å². The molecule has 1 fully saturated rings. The van der Waals surface area contributed by atoms with E-state index in [1.54, 1.807) is 0 Å². The lowest BCUT2D eigenvalue weighted by molar-refractivity contribution is -0.121. The predicted molar refractivity (Wildman–Crippen MR) is 85.2 cm³/mol. The number of carbonyl (C=O) groups excluding carboxylic acids is 1. The van der Waals surface area contributed by atoms with Crippen LogP contribution in [0.3, 0.4) is 0 Å². The van der Waals surface area contributed by atoms with Crippen molar-refractivity contribution in [2.75, 3.05) is 19.6 Å². The van der Waals surface area contributed by atoms with Gasteiger partial charge < -0.3 is 15.6 Å². The molecule has 4 nitrogen and oxygen atoms in total. The standard InChI is InChI=1S/C17H23N3O/c21-17(20-11-13-4-3-9-18-10-13)8-7-14-12-19-16-6-2-1-5-15(14)16/h1-2,5-6,12-13,18-19H,3-4,7-11H2,(H,20,21). The summed E-state index contributed by atoms with van der Waals surface area (Å²) in [6, 6.07) is 8.23. The van der Waals surface area contributed by atoms with E-state index >= 15 is 0 Å². The first-order valence-corrected chi connectivity index (χ1v) is 7.85. The Kier molecular flexibility index (Phi) is 4.55. The summed E-state index contributed by atoms with van der Waals surface area (Å²) in [6.07, 6.45) is 5.80. The molecule has 4 heteroatoms. The van der Waals surface area contributed by atoms with Crippen LogP contribution in [-0.4, -0.2) is 30.5 Å². The summed E-state index contributed by atoms with van der Waals surface area (Å²) in [5, 5.41) is 7.68. The first kappa shape index (κ1) is 14.1. The minimum Gasteiger partial charge on any atom is -0.361 e. The lowest BCUT2D eigenvalue weighted by atomic mass is 9.99. The Labute approximate surface area is 125 Å². The van der Waals surface area contributed by atoms with Crippen molar-refractivity contribution in [2.45, 2.75) is 25.7 Å². The van der Waals surface area contributed by atoms with Crippen LogP contribution in [0.25, 0.3) is 10.9 Å². The van der Waals surface area contributed by atoms with E-state index in [9.17, 15) is 4.79 Å². The van der Waals surface area contributed by atoms with Crippen LogP contribution in [0.5, 0.6) is 0 Å². The summed E-state index contributed by atoms with van der Waals surface area (Å²) in [4.78, 5) is 15.2. The van der Waals surface area contributed by atoms with Gasteiger partial charge in [-0.05, 0) is 49.9 Å². The summed E-state index contributed by atoms with van der Waals surface area (Å²) in [6.45, 7) is 2.95. The van der Waals surface area contributed by atoms with Crippen molar-refractivity contribution < 1.29 is 4.79 Å². The first-order valence-electron chi connectivity index (χ1n) is 7.85. The van der Waals surface area contributed by atoms with Gasteiger partial charge in [0, 0.05) is 30.1 Å². The average Bonchev–Trinajstić information content (AvgIpc) is 2.95. The molecular weight excluding hydrogens is 262 g/mol. The van der Waals surface area contributed by atoms with E-state index in [2.05, 4.69) is 27.8 Å². The molecule has 1 aliphatic heterocycles. The van der Waals surface area contributed by atoms with Crippen LogP contribution in [0.4, 0.5) is 0 Å². The van der Waals surface area contributed by atoms with Gasteiger partial charge in [0.25, 0.3) is 0 Å². The summed E-state index contributed by atoms with van der Waals surface area (Å²) in [5.41, 5.74) is 2.36. The summed E-state index contributed by atoms with van der Waals surface area (Å²) in [7, 11) is 0. The van der Waals surface area contributed by atoms with E-state index in [1.165, 1.54) is 23.8 Å². The average molecular weight is 285 g/mol. The fraction of sp³-hybridized carbons (Fsp3) is 0.471. The molecule has 112 valence electrons. The number of aromatic nitrogens is 1. The normalized spacial score (nSPS) is 18.8. The molecule has 0 aliphatic carbocycles. The van der Waals surface area contributed by atoms with Crippen molar-refractivity contribution in [2.24, 2.45) is 5.92 Å². The van der Waals surface area contributed by atoms with Crippen LogP contribution in [0.2, 0.25) is 0 Å². The molecule has 3 N–H and O–H groups in total. The maximum absolute atomic E-state index is 12.0. The quantitative estimate of drug-likeness (QED) is 0.789. The SMILES string of the molecule is O=C(CCc1c[nH]c2ccccc12)NCC1CCCNC1. The summed E-state index contributed by atoms with van der Waals surface area (Å²) < 4.78 is 0. The Balaban J connectivity index is 1.47. The third kappa shape index (κ3) is 3.64. The number of piperidine rings is 1. The van der Waals surface area contributed by atoms with Crippen molar-refractivity contribution in [3.05, 3.63) is 36.0 Å². The number of aryl methyl sites for hydroxylation is 1. The molecule has 0 spiro atoms. The molecule has 21 heavy (non-hydrogen) atoms. The van der Waals surface area contributed by atoms with Gasteiger partial charge in [-0.2, -0.15) is 0 Å². The van der Waals surface area contributed by atoms with Gasteiger partial charge in [-0.15, -0.1) is 0 Å². The zero-order chi connectivity index (χ0) is 14.5. The number of H-pyrrole nitrogens is 1. The smallest absolute Gasteiger partial charge is 0.220 e. The summed E-state index contributed by atoms with van der Waals surface area (Å²) in [5.74, 6) is 0.752. The number of aromatic amines is 1. The minimum absolute atomic E-state index is 0.158. The monoisotopic (exact) mass is 285 g/mol. The molecule has 1 atom stereocenters. The molecule has 2 heterocycles. The largest absolute Gasteiger partial charge is 0.361 e. The third-order valence-corrected chi connectivity index (χ3v) is 4.28. The molecule has 1 amide bonds. The van der Waals surface area contributed by atoms with E-state index in [4.69, 9.17) is 0 Å². The van der Waals surface area contributed by atoms with Crippen molar-refractivity contribution >= 4 is 16.8 Å². The molecule has 0 saturated carbocycles. The van der Waals surface area contributed by atoms with Crippen molar-refractivity contribution in [3.8, 4) is 0 Å². The minimum atomic E-state index is 0.158. The number of hydrogen-bond donors (Lipinski definition) is 3. The van der Waals surface area contributed by atoms with E-state index in [-0.39, 0.29) is 5.91 Å². The number of fused-ring (bicyclic) bond motifs is 1. The second-order valence-electron chi connectivity index (χ2n) is 5.88. The second kappa shape index (κ2) is 6.76. The highest BCUT2D eigenvalue weighted by molar-refractivity contribution is 5.84. The molecule has 0 bridgehead atoms. The maximum Gasteiger partial charge on any atom is 0.220 e. The lowest BCUT2D eigenvalue weighted by Gasteiger charge is -2.22. The summed E-state index contributed by atoms with van der Waals surface area (Å²) >= 11 is 0. The number of rotatable bonds is 5. The van der Waals surface area contributed by atoms with Gasteiger partial charge in [-0.1, -0.05) is 18.2 Å². The molecule has 1 aromatic heterocycles. The van der Waals surface area contributed by atoms with Gasteiger partial charge in [-0.3, -0.25) is 4.79 Å². The molecule has 1 aromatic carbocycles. The molecule has 1 aliphatic rings. The number of amides is 1. The van der Waals surface area contributed by atoms with Crippen molar-refractivity contribution in [3.63, 3.8) is 0 Å². The Morgan fingerprint density at radius 1 is 1.33 bits per heavy atom. The van der Waals surface area contributed by atoms with Crippen LogP contribution in [-0.2, 0) is 11.2 Å². The van der Waals surface area contributed by atoms with Gasteiger partial charge in [0.2, 0.25) is 5.91 Å². The molecule has 1 unspecified atom stereocenters. The topological polar surface area (TPSA) is 56.9 Å². The fourth-order valence-corrected chi connectivity index (χ4v) is 3.03. The zero-order valence-electron chi connectivity index (χ0n) is 12.3. The molecule has 0 radical (unpaired) electrons. The van der Waals surface area contributed by atoms with Gasteiger partial charge in [0.1, 0.15) is 0 Å². The predicted octanol–water partition coefficient (Wildman–Crippen LogP) is 2.22. The van der Waals surface area contributed by atoms with Crippen LogP contribution in [0, 0.1) is 5.92 Å². The molecule has 1 saturated heterocycles. The number of benzene rings is 1. The van der Waals surface area contributed by atoms with Crippen LogP contribution >= 0.6 is 0 Å². The second-order valence-corrected chi connectivity index (χ2v) is 5.88. The number of nitrogens with one attached hydrogen (secondary N) is 3. The van der Waals surface area contributed by atoms with Crippen LogP contribution in [0.15, 0.2) is 30.5 Å². The highest BCUT2D eigenvalue weighted by Gasteiger charge is 2.14. The number of para-hydroxylation sites is 1. The number of carbonyl (C=O) groups is 1. The van der Waals surface area contributed by atoms with E-state index < -0.39 is 0 Å². The van der Waals surface area contributed by atoms with Crippen LogP contribution in [0.1, 0.15) is 24.8 Å². The fourth-order valence-electron chi connectivity index (χ4n) is 3.03. The Bertz CT molecular complexity index is 599. The Morgan fingerprint density at radius 3 is 3.10 bits per heavy atom. The van der Waals surface area contributed by atoms with E-state index in [0.717, 1.165) is 31.6 Å². The highest BCUT2D eigenvalue weighted by Crippen LogP contribution is 2.18. The van der Waals surface area contributed by atoms with Gasteiger partial charge in [0.05, 0.1) is 0 Å². The Hall–Kier alpha value is -1.81. The lowest BCUT2D eigenvalue weighted by Crippen LogP contribution is -2.38. The van der Waals surface area contributed by atoms with Crippen molar-refractivity contribution in [1.29, 1.82) is 0 Å². The number of hydrogen-bond acceptors (Lipinski definition) is 2. The highest BCUT2D eigenvalue weighted by atomic mass is 16.1. The van der Waals surface area contributed by atoms with E-state index in [1.807, 2.05) is 18.3 Å². The molecule has 2 aromatic rings. The molecular formula is C17H23N3O. The third-order valence-electron chi connectivity index (χ3n) is 4.28.